The molecule has 100 valence electrons. The topological polar surface area (TPSA) is 20.2 Å². The maximum Gasteiger partial charge on any atom is 0.126 e. The molecule has 2 aromatic carbocycles. The van der Waals surface area contributed by atoms with E-state index in [0.717, 1.165) is 16.7 Å². The average Bonchev–Trinajstić information content (AvgIpc) is 2.31. The van der Waals surface area contributed by atoms with Gasteiger partial charge in [-0.25, -0.2) is 4.39 Å². The van der Waals surface area contributed by atoms with E-state index in [1.807, 2.05) is 26.0 Å². The Morgan fingerprint density at radius 3 is 2.21 bits per heavy atom. The van der Waals surface area contributed by atoms with E-state index >= 15 is 0 Å². The Bertz CT molecular complexity index is 567. The van der Waals surface area contributed by atoms with E-state index < -0.39 is 5.60 Å². The molecule has 0 bridgehead atoms. The normalized spacial score (nSPS) is 14.2. The molecule has 0 aliphatic carbocycles. The third-order valence-electron chi connectivity index (χ3n) is 3.34. The largest absolute Gasteiger partial charge is 0.385 e. The predicted molar refractivity (Wildman–Crippen MR) is 75.6 cm³/mol. The molecule has 0 aromatic heterocycles. The molecule has 0 radical (unpaired) electrons. The van der Waals surface area contributed by atoms with Crippen molar-refractivity contribution in [3.8, 4) is 0 Å². The van der Waals surface area contributed by atoms with Gasteiger partial charge in [-0.1, -0.05) is 47.5 Å². The average molecular weight is 258 g/mol. The minimum atomic E-state index is -1.07. The monoisotopic (exact) mass is 258 g/mol. The standard InChI is InChI=1S/C17H19FO/c1-12-8-13(2)10-15(9-12)17(3,19)11-14-6-4-5-7-16(14)18/h4-10,19H,11H2,1-3H3. The molecule has 2 heteroatoms. The molecule has 0 heterocycles. The van der Waals surface area contributed by atoms with Crippen LogP contribution in [0.5, 0.6) is 0 Å². The fraction of sp³-hybridized carbons (Fsp3) is 0.294. The summed E-state index contributed by atoms with van der Waals surface area (Å²) in [5.41, 5.74) is 2.49. The first kappa shape index (κ1) is 13.8. The first-order valence-corrected chi connectivity index (χ1v) is 6.43. The van der Waals surface area contributed by atoms with Gasteiger partial charge in [0.05, 0.1) is 5.60 Å². The third-order valence-corrected chi connectivity index (χ3v) is 3.34. The number of rotatable bonds is 3. The van der Waals surface area contributed by atoms with Gasteiger partial charge in [-0.05, 0) is 38.0 Å². The molecule has 19 heavy (non-hydrogen) atoms. The van der Waals surface area contributed by atoms with Crippen molar-refractivity contribution in [1.29, 1.82) is 0 Å². The van der Waals surface area contributed by atoms with Crippen LogP contribution in [0.2, 0.25) is 0 Å². The second kappa shape index (κ2) is 5.14. The summed E-state index contributed by atoms with van der Waals surface area (Å²) in [6, 6.07) is 12.5. The van der Waals surface area contributed by atoms with Gasteiger partial charge in [-0.3, -0.25) is 0 Å². The van der Waals surface area contributed by atoms with E-state index in [2.05, 4.69) is 6.07 Å². The Hall–Kier alpha value is -1.67. The van der Waals surface area contributed by atoms with Crippen LogP contribution in [-0.2, 0) is 12.0 Å². The van der Waals surface area contributed by atoms with Crippen molar-refractivity contribution in [2.75, 3.05) is 0 Å². The molecule has 1 N–H and O–H groups in total. The Balaban J connectivity index is 2.34. The zero-order chi connectivity index (χ0) is 14.0. The van der Waals surface area contributed by atoms with Crippen molar-refractivity contribution in [2.24, 2.45) is 0 Å². The number of hydrogen-bond donors (Lipinski definition) is 1. The molecule has 0 aliphatic heterocycles. The van der Waals surface area contributed by atoms with Crippen molar-refractivity contribution in [1.82, 2.24) is 0 Å². The van der Waals surface area contributed by atoms with Gasteiger partial charge >= 0.3 is 0 Å². The fourth-order valence-corrected chi connectivity index (χ4v) is 2.40. The molecule has 0 saturated heterocycles. The molecule has 2 rings (SSSR count). The van der Waals surface area contributed by atoms with Gasteiger partial charge < -0.3 is 5.11 Å². The minimum absolute atomic E-state index is 0.266. The van der Waals surface area contributed by atoms with Crippen LogP contribution in [0.25, 0.3) is 0 Å². The van der Waals surface area contributed by atoms with Gasteiger partial charge in [0, 0.05) is 6.42 Å². The smallest absolute Gasteiger partial charge is 0.126 e. The fourth-order valence-electron chi connectivity index (χ4n) is 2.40. The van der Waals surface area contributed by atoms with Crippen LogP contribution < -0.4 is 0 Å². The zero-order valence-electron chi connectivity index (χ0n) is 11.6. The van der Waals surface area contributed by atoms with Crippen molar-refractivity contribution in [3.05, 3.63) is 70.5 Å². The summed E-state index contributed by atoms with van der Waals surface area (Å²) in [5, 5.41) is 10.6. The molecule has 1 atom stereocenters. The van der Waals surface area contributed by atoms with Crippen LogP contribution in [-0.4, -0.2) is 5.11 Å². The maximum atomic E-state index is 13.7. The summed E-state index contributed by atoms with van der Waals surface area (Å²) in [4.78, 5) is 0. The lowest BCUT2D eigenvalue weighted by Gasteiger charge is -2.25. The highest BCUT2D eigenvalue weighted by molar-refractivity contribution is 5.33. The third kappa shape index (κ3) is 3.21. The van der Waals surface area contributed by atoms with Gasteiger partial charge in [0.2, 0.25) is 0 Å². The molecule has 0 aliphatic rings. The number of halogens is 1. The highest BCUT2D eigenvalue weighted by Crippen LogP contribution is 2.27. The van der Waals surface area contributed by atoms with Gasteiger partial charge in [0.1, 0.15) is 5.82 Å². The molecule has 0 spiro atoms. The Kier molecular flexibility index (Phi) is 3.72. The van der Waals surface area contributed by atoms with Crippen LogP contribution in [0.3, 0.4) is 0 Å². The van der Waals surface area contributed by atoms with E-state index in [1.54, 1.807) is 25.1 Å². The van der Waals surface area contributed by atoms with Gasteiger partial charge in [0.15, 0.2) is 0 Å². The molecule has 1 unspecified atom stereocenters. The van der Waals surface area contributed by atoms with E-state index in [0.29, 0.717) is 5.56 Å². The molecule has 0 amide bonds. The summed E-state index contributed by atoms with van der Waals surface area (Å²) < 4.78 is 13.7. The SMILES string of the molecule is Cc1cc(C)cc(C(C)(O)Cc2ccccc2F)c1. The Morgan fingerprint density at radius 1 is 1.05 bits per heavy atom. The molecule has 2 aromatic rings. The van der Waals surface area contributed by atoms with Crippen LogP contribution >= 0.6 is 0 Å². The molecular formula is C17H19FO. The zero-order valence-corrected chi connectivity index (χ0v) is 11.6. The highest BCUT2D eigenvalue weighted by atomic mass is 19.1. The quantitative estimate of drug-likeness (QED) is 0.885. The highest BCUT2D eigenvalue weighted by Gasteiger charge is 2.25. The van der Waals surface area contributed by atoms with Gasteiger partial charge in [0.25, 0.3) is 0 Å². The van der Waals surface area contributed by atoms with Crippen LogP contribution in [0.1, 0.15) is 29.2 Å². The summed E-state index contributed by atoms with van der Waals surface area (Å²) in [5.74, 6) is -0.271. The van der Waals surface area contributed by atoms with E-state index in [-0.39, 0.29) is 12.2 Å². The van der Waals surface area contributed by atoms with E-state index in [4.69, 9.17) is 0 Å². The molecule has 0 fully saturated rings. The van der Waals surface area contributed by atoms with Crippen molar-refractivity contribution < 1.29 is 9.50 Å². The first-order chi connectivity index (χ1) is 8.88. The van der Waals surface area contributed by atoms with Gasteiger partial charge in [-0.2, -0.15) is 0 Å². The number of aliphatic hydroxyl groups is 1. The lowest BCUT2D eigenvalue weighted by Crippen LogP contribution is -2.25. The second-order valence-electron chi connectivity index (χ2n) is 5.42. The lowest BCUT2D eigenvalue weighted by atomic mass is 9.87. The Labute approximate surface area is 113 Å². The molecule has 1 nitrogen and oxygen atoms in total. The van der Waals surface area contributed by atoms with Crippen LogP contribution in [0, 0.1) is 19.7 Å². The maximum absolute atomic E-state index is 13.7. The second-order valence-corrected chi connectivity index (χ2v) is 5.42. The lowest BCUT2D eigenvalue weighted by molar-refractivity contribution is 0.0566. The summed E-state index contributed by atoms with van der Waals surface area (Å²) in [7, 11) is 0. The summed E-state index contributed by atoms with van der Waals surface area (Å²) >= 11 is 0. The number of aryl methyl sites for hydroxylation is 2. The minimum Gasteiger partial charge on any atom is -0.385 e. The summed E-state index contributed by atoms with van der Waals surface area (Å²) in [6.45, 7) is 5.72. The van der Waals surface area contributed by atoms with Crippen molar-refractivity contribution >= 4 is 0 Å². The van der Waals surface area contributed by atoms with Crippen LogP contribution in [0.4, 0.5) is 4.39 Å². The van der Waals surface area contributed by atoms with Crippen LogP contribution in [0.15, 0.2) is 42.5 Å². The van der Waals surface area contributed by atoms with Gasteiger partial charge in [-0.15, -0.1) is 0 Å². The van der Waals surface area contributed by atoms with E-state index in [9.17, 15) is 9.50 Å². The molecular weight excluding hydrogens is 239 g/mol. The summed E-state index contributed by atoms with van der Waals surface area (Å²) in [6.07, 6.45) is 0.266. The van der Waals surface area contributed by atoms with Crippen molar-refractivity contribution in [3.63, 3.8) is 0 Å². The number of benzene rings is 2. The Morgan fingerprint density at radius 2 is 1.63 bits per heavy atom. The first-order valence-electron chi connectivity index (χ1n) is 6.43. The number of hydrogen-bond acceptors (Lipinski definition) is 1. The molecule has 0 saturated carbocycles. The van der Waals surface area contributed by atoms with E-state index in [1.165, 1.54) is 6.07 Å². The van der Waals surface area contributed by atoms with Crippen molar-refractivity contribution in [2.45, 2.75) is 32.8 Å². The predicted octanol–water partition coefficient (Wildman–Crippen LogP) is 3.89.